The van der Waals surface area contributed by atoms with Gasteiger partial charge in [0.25, 0.3) is 11.7 Å². The molecule has 0 spiro atoms. The van der Waals surface area contributed by atoms with E-state index in [0.29, 0.717) is 0 Å². The fraction of sp³-hybridized carbons (Fsp3) is 0.192. The van der Waals surface area contributed by atoms with Gasteiger partial charge >= 0.3 is 6.18 Å². The standard InChI is InChI=1S/C26H21F3N2O5/c1-35-18-10-6-11-19(36-2)20(18)23(32)21-22(17-9-3-4-12-30-17)31(25(34)24(21)33)14-15-7-5-8-16(13-15)26(27,28)29/h3-13,22,32H,14H2,1-2H3/b23-21+. The molecule has 1 unspecified atom stereocenters. The van der Waals surface area contributed by atoms with E-state index < -0.39 is 35.2 Å². The summed E-state index contributed by atoms with van der Waals surface area (Å²) in [5.74, 6) is -2.17. The lowest BCUT2D eigenvalue weighted by molar-refractivity contribution is -0.140. The summed E-state index contributed by atoms with van der Waals surface area (Å²) in [6, 6.07) is 12.9. The minimum atomic E-state index is -4.58. The van der Waals surface area contributed by atoms with Gasteiger partial charge in [-0.25, -0.2) is 0 Å². The molecule has 1 aliphatic heterocycles. The number of ketones is 1. The molecule has 1 amide bonds. The molecule has 1 aliphatic rings. The van der Waals surface area contributed by atoms with E-state index in [2.05, 4.69) is 4.98 Å². The lowest BCUT2D eigenvalue weighted by Crippen LogP contribution is -2.29. The Labute approximate surface area is 204 Å². The number of alkyl halides is 3. The topological polar surface area (TPSA) is 89.0 Å². The molecule has 186 valence electrons. The molecule has 1 saturated heterocycles. The van der Waals surface area contributed by atoms with E-state index in [0.717, 1.165) is 17.0 Å². The van der Waals surface area contributed by atoms with Crippen LogP contribution in [0, 0.1) is 0 Å². The Balaban J connectivity index is 1.89. The first kappa shape index (κ1) is 24.8. The number of aliphatic hydroxyl groups is 1. The van der Waals surface area contributed by atoms with Gasteiger partial charge in [-0.2, -0.15) is 13.2 Å². The van der Waals surface area contributed by atoms with Crippen molar-refractivity contribution in [1.29, 1.82) is 0 Å². The molecule has 10 heteroatoms. The number of nitrogens with zero attached hydrogens (tertiary/aromatic N) is 2. The number of aliphatic hydroxyl groups excluding tert-OH is 1. The second-order valence-corrected chi connectivity index (χ2v) is 7.92. The summed E-state index contributed by atoms with van der Waals surface area (Å²) >= 11 is 0. The Morgan fingerprint density at radius 2 is 1.67 bits per heavy atom. The zero-order chi connectivity index (χ0) is 26.0. The van der Waals surface area contributed by atoms with Crippen LogP contribution in [0.4, 0.5) is 13.2 Å². The number of methoxy groups -OCH3 is 2. The first-order valence-electron chi connectivity index (χ1n) is 10.7. The number of carbonyl (C=O) groups is 2. The Morgan fingerprint density at radius 1 is 1.00 bits per heavy atom. The van der Waals surface area contributed by atoms with Gasteiger partial charge in [0.15, 0.2) is 0 Å². The van der Waals surface area contributed by atoms with Crippen molar-refractivity contribution in [3.63, 3.8) is 0 Å². The van der Waals surface area contributed by atoms with Crippen molar-refractivity contribution in [3.05, 3.63) is 94.8 Å². The Morgan fingerprint density at radius 3 is 2.25 bits per heavy atom. The highest BCUT2D eigenvalue weighted by molar-refractivity contribution is 6.46. The lowest BCUT2D eigenvalue weighted by Gasteiger charge is -2.25. The number of aromatic nitrogens is 1. The molecular weight excluding hydrogens is 477 g/mol. The minimum Gasteiger partial charge on any atom is -0.506 e. The molecule has 0 saturated carbocycles. The van der Waals surface area contributed by atoms with Gasteiger partial charge < -0.3 is 19.5 Å². The summed E-state index contributed by atoms with van der Waals surface area (Å²) in [6.45, 7) is -0.324. The third kappa shape index (κ3) is 4.49. The predicted octanol–water partition coefficient (Wildman–Crippen LogP) is 4.74. The predicted molar refractivity (Wildman–Crippen MR) is 123 cm³/mol. The second-order valence-electron chi connectivity index (χ2n) is 7.92. The summed E-state index contributed by atoms with van der Waals surface area (Å²) in [4.78, 5) is 31.7. The summed E-state index contributed by atoms with van der Waals surface area (Å²) < 4.78 is 50.4. The molecule has 2 aromatic carbocycles. The third-order valence-electron chi connectivity index (χ3n) is 5.78. The molecule has 1 N–H and O–H groups in total. The van der Waals surface area contributed by atoms with E-state index in [1.54, 1.807) is 36.4 Å². The molecule has 4 rings (SSSR count). The number of ether oxygens (including phenoxy) is 2. The van der Waals surface area contributed by atoms with Crippen LogP contribution in [0.1, 0.15) is 28.4 Å². The van der Waals surface area contributed by atoms with Gasteiger partial charge in [-0.3, -0.25) is 14.6 Å². The fourth-order valence-electron chi connectivity index (χ4n) is 4.15. The SMILES string of the molecule is COc1cccc(OC)c1/C(O)=C1\C(=O)C(=O)N(Cc2cccc(C(F)(F)F)c2)C1c1ccccn1. The number of pyridine rings is 1. The van der Waals surface area contributed by atoms with Gasteiger partial charge in [0, 0.05) is 12.7 Å². The number of likely N-dealkylation sites (tertiary alicyclic amines) is 1. The lowest BCUT2D eigenvalue weighted by atomic mass is 9.97. The molecule has 7 nitrogen and oxygen atoms in total. The van der Waals surface area contributed by atoms with Crippen LogP contribution in [-0.4, -0.2) is 40.9 Å². The molecule has 3 aromatic rings. The van der Waals surface area contributed by atoms with Crippen LogP contribution in [0.25, 0.3) is 5.76 Å². The highest BCUT2D eigenvalue weighted by atomic mass is 19.4. The van der Waals surface area contributed by atoms with E-state index in [9.17, 15) is 27.9 Å². The first-order chi connectivity index (χ1) is 17.2. The maximum absolute atomic E-state index is 13.3. The van der Waals surface area contributed by atoms with Crippen LogP contribution < -0.4 is 9.47 Å². The van der Waals surface area contributed by atoms with Gasteiger partial charge in [0.05, 0.1) is 31.1 Å². The van der Waals surface area contributed by atoms with E-state index in [1.165, 1.54) is 32.5 Å². The van der Waals surface area contributed by atoms with E-state index >= 15 is 0 Å². The molecular formula is C26H21F3N2O5. The summed E-state index contributed by atoms with van der Waals surface area (Å²) in [7, 11) is 2.74. The van der Waals surface area contributed by atoms with E-state index in [-0.39, 0.29) is 40.4 Å². The molecule has 0 bridgehead atoms. The Hall–Kier alpha value is -4.34. The number of amides is 1. The zero-order valence-electron chi connectivity index (χ0n) is 19.2. The number of hydrogen-bond donors (Lipinski definition) is 1. The monoisotopic (exact) mass is 498 g/mol. The highest BCUT2D eigenvalue weighted by Crippen LogP contribution is 2.43. The van der Waals surface area contributed by atoms with Crippen molar-refractivity contribution in [2.45, 2.75) is 18.8 Å². The van der Waals surface area contributed by atoms with Crippen molar-refractivity contribution in [2.24, 2.45) is 0 Å². The van der Waals surface area contributed by atoms with Crippen LogP contribution in [0.15, 0.2) is 72.4 Å². The number of Topliss-reactive ketones (excluding diaryl/α,β-unsaturated/α-hetero) is 1. The average molecular weight is 498 g/mol. The number of rotatable bonds is 6. The molecule has 2 heterocycles. The number of halogens is 3. The number of benzene rings is 2. The van der Waals surface area contributed by atoms with Crippen LogP contribution in [0.3, 0.4) is 0 Å². The van der Waals surface area contributed by atoms with Gasteiger partial charge in [-0.1, -0.05) is 24.3 Å². The van der Waals surface area contributed by atoms with Crippen molar-refractivity contribution in [1.82, 2.24) is 9.88 Å². The zero-order valence-corrected chi connectivity index (χ0v) is 19.2. The van der Waals surface area contributed by atoms with Crippen molar-refractivity contribution in [2.75, 3.05) is 14.2 Å². The van der Waals surface area contributed by atoms with Gasteiger partial charge in [-0.15, -0.1) is 0 Å². The van der Waals surface area contributed by atoms with Crippen molar-refractivity contribution >= 4 is 17.4 Å². The fourth-order valence-corrected chi connectivity index (χ4v) is 4.15. The Kier molecular flexibility index (Phi) is 6.69. The first-order valence-corrected chi connectivity index (χ1v) is 10.7. The van der Waals surface area contributed by atoms with Crippen molar-refractivity contribution in [3.8, 4) is 11.5 Å². The van der Waals surface area contributed by atoms with Crippen LogP contribution >= 0.6 is 0 Å². The number of hydrogen-bond acceptors (Lipinski definition) is 6. The smallest absolute Gasteiger partial charge is 0.416 e. The molecule has 1 atom stereocenters. The maximum Gasteiger partial charge on any atom is 0.416 e. The van der Waals surface area contributed by atoms with Crippen molar-refractivity contribution < 1.29 is 37.3 Å². The second kappa shape index (κ2) is 9.73. The van der Waals surface area contributed by atoms with Crippen LogP contribution in [-0.2, 0) is 22.3 Å². The summed E-state index contributed by atoms with van der Waals surface area (Å²) in [5.41, 5.74) is -0.708. The van der Waals surface area contributed by atoms with E-state index in [1.807, 2.05) is 0 Å². The highest BCUT2D eigenvalue weighted by Gasteiger charge is 2.47. The van der Waals surface area contributed by atoms with E-state index in [4.69, 9.17) is 9.47 Å². The molecule has 1 fully saturated rings. The van der Waals surface area contributed by atoms with Gasteiger partial charge in [-0.05, 0) is 42.0 Å². The van der Waals surface area contributed by atoms with Gasteiger partial charge in [0.1, 0.15) is 28.9 Å². The molecule has 0 radical (unpaired) electrons. The van der Waals surface area contributed by atoms with Crippen LogP contribution in [0.5, 0.6) is 11.5 Å². The third-order valence-corrected chi connectivity index (χ3v) is 5.78. The molecule has 36 heavy (non-hydrogen) atoms. The molecule has 1 aromatic heterocycles. The quantitative estimate of drug-likeness (QED) is 0.300. The largest absolute Gasteiger partial charge is 0.506 e. The Bertz CT molecular complexity index is 1320. The van der Waals surface area contributed by atoms with Crippen LogP contribution in [0.2, 0.25) is 0 Å². The van der Waals surface area contributed by atoms with Gasteiger partial charge in [0.2, 0.25) is 0 Å². The normalized spacial score (nSPS) is 17.4. The number of carbonyl (C=O) groups excluding carboxylic acids is 2. The molecule has 0 aliphatic carbocycles. The summed E-state index contributed by atoms with van der Waals surface area (Å²) in [6.07, 6.45) is -3.13. The summed E-state index contributed by atoms with van der Waals surface area (Å²) in [5, 5.41) is 11.3. The minimum absolute atomic E-state index is 0.0560. The average Bonchev–Trinajstić information content (AvgIpc) is 3.12. The maximum atomic E-state index is 13.3.